The number of benzene rings is 4. The highest BCUT2D eigenvalue weighted by atomic mass is 16.4. The van der Waals surface area contributed by atoms with E-state index in [0.717, 1.165) is 16.7 Å². The standard InChI is InChI=1S/C36H29N5O5/c42-33-27-9-5-4-8-25(27)26-15-12-23(20-28(26)33)34(43)37-24-13-10-22(11-14-24)18-29(36(45)46)38-35(44)30-16-17-31-39-40-32(41(30)31)19-21-6-2-1-3-7-21/h1-15,20,29-30H,16-19H2,(H,37,43)(H,38,44)(H,45,46). The van der Waals surface area contributed by atoms with Gasteiger partial charge in [0.1, 0.15) is 23.7 Å². The molecule has 0 bridgehead atoms. The van der Waals surface area contributed by atoms with Crippen molar-refractivity contribution in [3.8, 4) is 11.1 Å². The third-order valence-electron chi connectivity index (χ3n) is 8.55. The van der Waals surface area contributed by atoms with E-state index < -0.39 is 18.1 Å². The van der Waals surface area contributed by atoms with Crippen molar-refractivity contribution in [2.45, 2.75) is 37.8 Å². The van der Waals surface area contributed by atoms with Crippen molar-refractivity contribution in [1.29, 1.82) is 0 Å². The fraction of sp³-hybridized carbons (Fsp3) is 0.167. The normalized spacial score (nSPS) is 15.0. The van der Waals surface area contributed by atoms with Gasteiger partial charge >= 0.3 is 5.97 Å². The van der Waals surface area contributed by atoms with Gasteiger partial charge in [0.15, 0.2) is 5.78 Å². The fourth-order valence-electron chi connectivity index (χ4n) is 6.23. The lowest BCUT2D eigenvalue weighted by Crippen LogP contribution is -2.45. The number of amides is 2. The molecule has 2 aliphatic rings. The number of carboxylic acid groups (broad SMARTS) is 1. The maximum atomic E-state index is 13.4. The van der Waals surface area contributed by atoms with Gasteiger partial charge in [-0.2, -0.15) is 0 Å². The second-order valence-corrected chi connectivity index (χ2v) is 11.5. The van der Waals surface area contributed by atoms with Crippen LogP contribution in [0.3, 0.4) is 0 Å². The number of rotatable bonds is 9. The third-order valence-corrected chi connectivity index (χ3v) is 8.55. The van der Waals surface area contributed by atoms with Crippen LogP contribution in [0.2, 0.25) is 0 Å². The van der Waals surface area contributed by atoms with Gasteiger partial charge in [-0.1, -0.05) is 72.8 Å². The molecule has 2 amide bonds. The van der Waals surface area contributed by atoms with Gasteiger partial charge in [0.25, 0.3) is 5.91 Å². The number of carbonyl (C=O) groups is 4. The number of carbonyl (C=O) groups excluding carboxylic acids is 3. The lowest BCUT2D eigenvalue weighted by molar-refractivity contribution is -0.142. The number of hydrogen-bond acceptors (Lipinski definition) is 6. The fourth-order valence-corrected chi connectivity index (χ4v) is 6.23. The molecule has 5 aromatic rings. The van der Waals surface area contributed by atoms with Gasteiger partial charge in [-0.15, -0.1) is 10.2 Å². The van der Waals surface area contributed by atoms with E-state index in [2.05, 4.69) is 20.8 Å². The maximum Gasteiger partial charge on any atom is 0.326 e. The first kappa shape index (κ1) is 28.8. The summed E-state index contributed by atoms with van der Waals surface area (Å²) >= 11 is 0. The van der Waals surface area contributed by atoms with Crippen LogP contribution in [0.1, 0.15) is 61.5 Å². The Hall–Kier alpha value is -5.90. The van der Waals surface area contributed by atoms with Crippen molar-refractivity contribution in [1.82, 2.24) is 20.1 Å². The van der Waals surface area contributed by atoms with Crippen molar-refractivity contribution in [3.63, 3.8) is 0 Å². The zero-order chi connectivity index (χ0) is 31.8. The Morgan fingerprint density at radius 2 is 1.54 bits per heavy atom. The predicted molar refractivity (Wildman–Crippen MR) is 170 cm³/mol. The number of ketones is 1. The number of fused-ring (bicyclic) bond motifs is 4. The predicted octanol–water partition coefficient (Wildman–Crippen LogP) is 4.63. The molecule has 1 aromatic heterocycles. The number of aryl methyl sites for hydroxylation is 1. The largest absolute Gasteiger partial charge is 0.480 e. The Labute approximate surface area is 264 Å². The summed E-state index contributed by atoms with van der Waals surface area (Å²) in [6.07, 6.45) is 1.67. The summed E-state index contributed by atoms with van der Waals surface area (Å²) in [5, 5.41) is 24.0. The molecule has 7 rings (SSSR count). The van der Waals surface area contributed by atoms with Gasteiger partial charge in [0.2, 0.25) is 5.91 Å². The van der Waals surface area contributed by atoms with Crippen LogP contribution in [0.15, 0.2) is 97.1 Å². The van der Waals surface area contributed by atoms with Crippen LogP contribution in [0.4, 0.5) is 5.69 Å². The smallest absolute Gasteiger partial charge is 0.326 e. The van der Waals surface area contributed by atoms with Crippen molar-refractivity contribution in [3.05, 3.63) is 137 Å². The minimum absolute atomic E-state index is 0.0570. The highest BCUT2D eigenvalue weighted by molar-refractivity contribution is 6.22. The minimum atomic E-state index is -1.15. The molecular formula is C36H29N5O5. The Morgan fingerprint density at radius 1 is 0.826 bits per heavy atom. The van der Waals surface area contributed by atoms with Crippen LogP contribution in [0.25, 0.3) is 11.1 Å². The van der Waals surface area contributed by atoms with Crippen molar-refractivity contribution < 1.29 is 24.3 Å². The summed E-state index contributed by atoms with van der Waals surface area (Å²) in [6.45, 7) is 0. The third kappa shape index (κ3) is 5.45. The van der Waals surface area contributed by atoms with Gasteiger partial charge in [0, 0.05) is 41.6 Å². The molecule has 2 unspecified atom stereocenters. The van der Waals surface area contributed by atoms with Gasteiger partial charge in [-0.3, -0.25) is 14.4 Å². The quantitative estimate of drug-likeness (QED) is 0.216. The summed E-state index contributed by atoms with van der Waals surface area (Å²) in [6, 6.07) is 27.3. The number of hydrogen-bond donors (Lipinski definition) is 3. The van der Waals surface area contributed by atoms with Crippen LogP contribution < -0.4 is 10.6 Å². The average molecular weight is 612 g/mol. The second kappa shape index (κ2) is 11.9. The van der Waals surface area contributed by atoms with E-state index in [-0.39, 0.29) is 24.0 Å². The Kier molecular flexibility index (Phi) is 7.45. The number of nitrogens with one attached hydrogen (secondary N) is 2. The van der Waals surface area contributed by atoms with E-state index in [1.165, 1.54) is 0 Å². The molecule has 0 saturated heterocycles. The van der Waals surface area contributed by atoms with E-state index >= 15 is 0 Å². The zero-order valence-corrected chi connectivity index (χ0v) is 24.6. The highest BCUT2D eigenvalue weighted by Gasteiger charge is 2.34. The lowest BCUT2D eigenvalue weighted by Gasteiger charge is -2.20. The molecule has 2 atom stereocenters. The van der Waals surface area contributed by atoms with Gasteiger partial charge in [-0.05, 0) is 52.9 Å². The second-order valence-electron chi connectivity index (χ2n) is 11.5. The molecule has 228 valence electrons. The summed E-state index contributed by atoms with van der Waals surface area (Å²) in [5.74, 6) is -0.628. The van der Waals surface area contributed by atoms with Gasteiger partial charge in [-0.25, -0.2) is 4.79 Å². The Morgan fingerprint density at radius 3 is 2.30 bits per heavy atom. The molecule has 3 N–H and O–H groups in total. The number of nitrogens with zero attached hydrogens (tertiary/aromatic N) is 3. The first-order valence-corrected chi connectivity index (χ1v) is 15.0. The van der Waals surface area contributed by atoms with Crippen LogP contribution in [-0.4, -0.2) is 49.5 Å². The number of aliphatic carboxylic acids is 1. The topological polar surface area (TPSA) is 143 Å². The first-order chi connectivity index (χ1) is 22.4. The zero-order valence-electron chi connectivity index (χ0n) is 24.6. The molecule has 0 fully saturated rings. The molecule has 0 radical (unpaired) electrons. The minimum Gasteiger partial charge on any atom is -0.480 e. The molecule has 46 heavy (non-hydrogen) atoms. The Balaban J connectivity index is 0.994. The van der Waals surface area contributed by atoms with Crippen molar-refractivity contribution in [2.24, 2.45) is 0 Å². The molecular weight excluding hydrogens is 582 g/mol. The number of aromatic nitrogens is 3. The Bertz CT molecular complexity index is 2000. The van der Waals surface area contributed by atoms with Crippen LogP contribution >= 0.6 is 0 Å². The summed E-state index contributed by atoms with van der Waals surface area (Å²) in [5.41, 5.74) is 5.37. The highest BCUT2D eigenvalue weighted by Crippen LogP contribution is 2.37. The number of anilines is 1. The monoisotopic (exact) mass is 611 g/mol. The van der Waals surface area contributed by atoms with Crippen LogP contribution in [-0.2, 0) is 28.9 Å². The van der Waals surface area contributed by atoms with Gasteiger partial charge in [0.05, 0.1) is 0 Å². The molecule has 1 aliphatic carbocycles. The molecule has 10 heteroatoms. The summed E-state index contributed by atoms with van der Waals surface area (Å²) in [7, 11) is 0. The average Bonchev–Trinajstić information content (AvgIpc) is 3.75. The molecule has 0 saturated carbocycles. The van der Waals surface area contributed by atoms with Crippen molar-refractivity contribution >= 4 is 29.3 Å². The van der Waals surface area contributed by atoms with Crippen molar-refractivity contribution in [2.75, 3.05) is 5.32 Å². The lowest BCUT2D eigenvalue weighted by atomic mass is 10.0. The maximum absolute atomic E-state index is 13.4. The molecule has 10 nitrogen and oxygen atoms in total. The molecule has 2 heterocycles. The SMILES string of the molecule is O=C(Nc1ccc(CC(NC(=O)C2CCc3nnc(Cc4ccccc4)n32)C(=O)O)cc1)c1ccc2c(c1)C(=O)c1ccccc1-2. The van der Waals surface area contributed by atoms with E-state index in [1.54, 1.807) is 48.5 Å². The van der Waals surface area contributed by atoms with Gasteiger partial charge < -0.3 is 20.3 Å². The van der Waals surface area contributed by atoms with E-state index in [1.807, 2.05) is 53.1 Å². The molecule has 0 spiro atoms. The first-order valence-electron chi connectivity index (χ1n) is 15.0. The van der Waals surface area contributed by atoms with E-state index in [4.69, 9.17) is 0 Å². The van der Waals surface area contributed by atoms with E-state index in [9.17, 15) is 24.3 Å². The van der Waals surface area contributed by atoms with E-state index in [0.29, 0.717) is 58.9 Å². The van der Waals surface area contributed by atoms with Crippen LogP contribution in [0, 0.1) is 0 Å². The summed E-state index contributed by atoms with van der Waals surface area (Å²) in [4.78, 5) is 51.4. The van der Waals surface area contributed by atoms with Crippen LogP contribution in [0.5, 0.6) is 0 Å². The summed E-state index contributed by atoms with van der Waals surface area (Å²) < 4.78 is 1.83. The molecule has 1 aliphatic heterocycles. The molecule has 4 aromatic carbocycles. The number of carboxylic acids is 1.